The zero-order chi connectivity index (χ0) is 20.3. The average molecular weight is 397 g/mol. The topological polar surface area (TPSA) is 104 Å². The molecule has 0 bridgehead atoms. The first-order chi connectivity index (χ1) is 14.8. The Bertz CT molecular complexity index is 1280. The maximum atomic E-state index is 5.85. The molecule has 3 aromatic heterocycles. The molecule has 2 aromatic carbocycles. The number of ether oxygens (including phenoxy) is 1. The van der Waals surface area contributed by atoms with E-state index in [9.17, 15) is 0 Å². The number of H-pyrrole nitrogens is 2. The first-order valence-corrected chi connectivity index (χ1v) is 9.61. The third-order valence-corrected chi connectivity index (χ3v) is 4.78. The van der Waals surface area contributed by atoms with Gasteiger partial charge in [0.1, 0.15) is 17.9 Å². The standard InChI is InChI=1S/C22H19N7O/c1-2-30-18-9-8-15(14-6-4-3-5-7-14)10-17(18)27-21-19-20(16-11-25-26-12-16)28-29-22(19)24-13-23-21/h3-13H,2H2,1H3,(H,25,26)(H2,23,24,27,28,29). The van der Waals surface area contributed by atoms with Crippen molar-refractivity contribution >= 4 is 22.5 Å². The van der Waals surface area contributed by atoms with Crippen LogP contribution in [-0.2, 0) is 0 Å². The Morgan fingerprint density at radius 3 is 2.70 bits per heavy atom. The highest BCUT2D eigenvalue weighted by Crippen LogP contribution is 2.36. The van der Waals surface area contributed by atoms with Crippen LogP contribution in [0.4, 0.5) is 11.5 Å². The van der Waals surface area contributed by atoms with Gasteiger partial charge in [-0.25, -0.2) is 9.97 Å². The number of hydrogen-bond acceptors (Lipinski definition) is 6. The third-order valence-electron chi connectivity index (χ3n) is 4.78. The van der Waals surface area contributed by atoms with Crippen LogP contribution < -0.4 is 10.1 Å². The van der Waals surface area contributed by atoms with Crippen LogP contribution in [0.2, 0.25) is 0 Å². The molecule has 30 heavy (non-hydrogen) atoms. The van der Waals surface area contributed by atoms with E-state index in [4.69, 9.17) is 4.74 Å². The Labute approximate surface area is 172 Å². The number of nitrogens with one attached hydrogen (secondary N) is 3. The number of rotatable bonds is 6. The smallest absolute Gasteiger partial charge is 0.186 e. The zero-order valence-electron chi connectivity index (χ0n) is 16.3. The molecule has 8 nitrogen and oxygen atoms in total. The van der Waals surface area contributed by atoms with Gasteiger partial charge in [0.25, 0.3) is 0 Å². The van der Waals surface area contributed by atoms with Crippen molar-refractivity contribution in [2.45, 2.75) is 6.92 Å². The Kier molecular flexibility index (Phi) is 4.57. The molecule has 0 aliphatic heterocycles. The minimum atomic E-state index is 0.560. The van der Waals surface area contributed by atoms with Crippen LogP contribution in [0.25, 0.3) is 33.4 Å². The molecule has 0 atom stereocenters. The van der Waals surface area contributed by atoms with Crippen LogP contribution in [0, 0.1) is 0 Å². The Morgan fingerprint density at radius 2 is 1.90 bits per heavy atom. The van der Waals surface area contributed by atoms with Crippen LogP contribution >= 0.6 is 0 Å². The molecule has 0 spiro atoms. The molecule has 0 fully saturated rings. The van der Waals surface area contributed by atoms with Crippen LogP contribution in [0.3, 0.4) is 0 Å². The highest BCUT2D eigenvalue weighted by atomic mass is 16.5. The molecular formula is C22H19N7O. The Balaban J connectivity index is 1.62. The molecule has 3 N–H and O–H groups in total. The molecule has 0 aliphatic rings. The van der Waals surface area contributed by atoms with Crippen molar-refractivity contribution in [3.8, 4) is 28.1 Å². The summed E-state index contributed by atoms with van der Waals surface area (Å²) in [6, 6.07) is 16.3. The van der Waals surface area contributed by atoms with E-state index in [2.05, 4.69) is 59.9 Å². The molecular weight excluding hydrogens is 378 g/mol. The summed E-state index contributed by atoms with van der Waals surface area (Å²) in [5.41, 5.74) is 5.25. The highest BCUT2D eigenvalue weighted by Gasteiger charge is 2.16. The fourth-order valence-electron chi connectivity index (χ4n) is 3.39. The van der Waals surface area contributed by atoms with Gasteiger partial charge >= 0.3 is 0 Å². The largest absolute Gasteiger partial charge is 0.492 e. The number of hydrogen-bond donors (Lipinski definition) is 3. The summed E-state index contributed by atoms with van der Waals surface area (Å²) in [6.07, 6.45) is 5.02. The lowest BCUT2D eigenvalue weighted by molar-refractivity contribution is 0.342. The molecule has 0 unspecified atom stereocenters. The predicted molar refractivity (Wildman–Crippen MR) is 116 cm³/mol. The SMILES string of the molecule is CCOc1ccc(-c2ccccc2)cc1Nc1ncnc2n[nH]c(-c3cn[nH]c3)c12. The molecule has 8 heteroatoms. The number of fused-ring (bicyclic) bond motifs is 1. The monoisotopic (exact) mass is 397 g/mol. The van der Waals surface area contributed by atoms with E-state index in [0.29, 0.717) is 18.1 Å². The van der Waals surface area contributed by atoms with Crippen molar-refractivity contribution < 1.29 is 4.74 Å². The number of aromatic nitrogens is 6. The summed E-state index contributed by atoms with van der Waals surface area (Å²) in [5, 5.41) is 18.4. The second-order valence-corrected chi connectivity index (χ2v) is 6.64. The van der Waals surface area contributed by atoms with Crippen molar-refractivity contribution in [2.75, 3.05) is 11.9 Å². The highest BCUT2D eigenvalue weighted by molar-refractivity contribution is 5.99. The van der Waals surface area contributed by atoms with E-state index in [1.807, 2.05) is 31.2 Å². The fraction of sp³-hybridized carbons (Fsp3) is 0.0909. The normalized spacial score (nSPS) is 11.0. The number of anilines is 2. The van der Waals surface area contributed by atoms with Gasteiger partial charge in [-0.2, -0.15) is 10.2 Å². The van der Waals surface area contributed by atoms with Crippen molar-refractivity contribution in [1.82, 2.24) is 30.4 Å². The number of nitrogens with zero attached hydrogens (tertiary/aromatic N) is 4. The molecule has 5 rings (SSSR count). The second kappa shape index (κ2) is 7.67. The molecule has 0 radical (unpaired) electrons. The van der Waals surface area contributed by atoms with Gasteiger partial charge in [0, 0.05) is 11.8 Å². The van der Waals surface area contributed by atoms with Gasteiger partial charge in [-0.3, -0.25) is 10.2 Å². The van der Waals surface area contributed by atoms with Gasteiger partial charge in [0.15, 0.2) is 5.65 Å². The van der Waals surface area contributed by atoms with Gasteiger partial charge < -0.3 is 10.1 Å². The van der Waals surface area contributed by atoms with Gasteiger partial charge in [0.05, 0.1) is 29.6 Å². The molecule has 3 heterocycles. The number of benzene rings is 2. The van der Waals surface area contributed by atoms with Gasteiger partial charge in [0.2, 0.25) is 0 Å². The lowest BCUT2D eigenvalue weighted by Crippen LogP contribution is -2.00. The average Bonchev–Trinajstić information content (AvgIpc) is 3.46. The first kappa shape index (κ1) is 17.9. The minimum Gasteiger partial charge on any atom is -0.492 e. The quantitative estimate of drug-likeness (QED) is 0.388. The summed E-state index contributed by atoms with van der Waals surface area (Å²) in [6.45, 7) is 2.52. The van der Waals surface area contributed by atoms with Crippen molar-refractivity contribution in [2.24, 2.45) is 0 Å². The number of aromatic amines is 2. The predicted octanol–water partition coefficient (Wildman–Crippen LogP) is 4.55. The van der Waals surface area contributed by atoms with Gasteiger partial charge in [-0.1, -0.05) is 36.4 Å². The summed E-state index contributed by atoms with van der Waals surface area (Å²) < 4.78 is 5.85. The van der Waals surface area contributed by atoms with Crippen molar-refractivity contribution in [3.63, 3.8) is 0 Å². The van der Waals surface area contributed by atoms with E-state index < -0.39 is 0 Å². The first-order valence-electron chi connectivity index (χ1n) is 9.61. The van der Waals surface area contributed by atoms with Crippen LogP contribution in [0.15, 0.2) is 67.3 Å². The zero-order valence-corrected chi connectivity index (χ0v) is 16.3. The lowest BCUT2D eigenvalue weighted by Gasteiger charge is -2.14. The van der Waals surface area contributed by atoms with E-state index >= 15 is 0 Å². The van der Waals surface area contributed by atoms with E-state index in [0.717, 1.165) is 39.2 Å². The van der Waals surface area contributed by atoms with Crippen LogP contribution in [0.5, 0.6) is 5.75 Å². The van der Waals surface area contributed by atoms with Crippen LogP contribution in [0.1, 0.15) is 6.92 Å². The lowest BCUT2D eigenvalue weighted by atomic mass is 10.0. The molecule has 0 saturated carbocycles. The van der Waals surface area contributed by atoms with Crippen molar-refractivity contribution in [3.05, 3.63) is 67.3 Å². The molecule has 0 amide bonds. The van der Waals surface area contributed by atoms with Crippen LogP contribution in [-0.4, -0.2) is 37.0 Å². The van der Waals surface area contributed by atoms with Gasteiger partial charge in [-0.15, -0.1) is 0 Å². The van der Waals surface area contributed by atoms with Gasteiger partial charge in [-0.05, 0) is 30.2 Å². The molecule has 0 aliphatic carbocycles. The molecule has 0 saturated heterocycles. The van der Waals surface area contributed by atoms with E-state index in [-0.39, 0.29) is 0 Å². The summed E-state index contributed by atoms with van der Waals surface area (Å²) in [7, 11) is 0. The fourth-order valence-corrected chi connectivity index (χ4v) is 3.39. The van der Waals surface area contributed by atoms with E-state index in [1.54, 1.807) is 12.4 Å². The summed E-state index contributed by atoms with van der Waals surface area (Å²) in [5.74, 6) is 1.38. The summed E-state index contributed by atoms with van der Waals surface area (Å²) >= 11 is 0. The van der Waals surface area contributed by atoms with Crippen molar-refractivity contribution in [1.29, 1.82) is 0 Å². The molecule has 5 aromatic rings. The summed E-state index contributed by atoms with van der Waals surface area (Å²) in [4.78, 5) is 8.76. The molecule has 148 valence electrons. The third kappa shape index (κ3) is 3.24. The minimum absolute atomic E-state index is 0.560. The Morgan fingerprint density at radius 1 is 1.00 bits per heavy atom. The second-order valence-electron chi connectivity index (χ2n) is 6.64. The van der Waals surface area contributed by atoms with E-state index in [1.165, 1.54) is 6.33 Å². The Hall–Kier alpha value is -4.20. The maximum absolute atomic E-state index is 5.85. The maximum Gasteiger partial charge on any atom is 0.186 e.